The number of hydrogen-bond acceptors (Lipinski definition) is 7. The Bertz CT molecular complexity index is 1890. The number of nitrogens with one attached hydrogen (secondary N) is 2. The molecule has 0 saturated carbocycles. The van der Waals surface area contributed by atoms with Gasteiger partial charge in [0.25, 0.3) is 15.9 Å². The Labute approximate surface area is 297 Å². The number of carbonyl (C=O) groups is 1. The fourth-order valence-corrected chi connectivity index (χ4v) is 7.61. The second kappa shape index (κ2) is 19.5. The van der Waals surface area contributed by atoms with E-state index in [1.807, 2.05) is 30.3 Å². The minimum Gasteiger partial charge on any atom is -0.744 e. The third-order valence-corrected chi connectivity index (χ3v) is 10.9. The standard InChI is InChI=1S/C39H50N2O7S2/c1-2-3-4-5-6-7-8-9-10-11-12-13-14-17-29-48-37-28-23-32(30-38(37)50(45,46)47)39(42)40-33-24-26-34(27-25-33)49(43,44)41-36-22-18-20-31-19-15-16-21-35(31)36/h15-16,18-28,30,41H,2-14,17,29H2,1H3,(H,40,42)(H,45,46,47)/p-1. The number of hydrogen-bond donors (Lipinski definition) is 2. The second-order valence-corrected chi connectivity index (χ2v) is 15.7. The molecule has 0 heterocycles. The maximum atomic E-state index is 13.1. The predicted molar refractivity (Wildman–Crippen MR) is 199 cm³/mol. The largest absolute Gasteiger partial charge is 0.744 e. The van der Waals surface area contributed by atoms with Crippen LogP contribution < -0.4 is 14.8 Å². The summed E-state index contributed by atoms with van der Waals surface area (Å²) >= 11 is 0. The average Bonchev–Trinajstić information content (AvgIpc) is 3.10. The highest BCUT2D eigenvalue weighted by atomic mass is 32.2. The maximum absolute atomic E-state index is 13.1. The second-order valence-electron chi connectivity index (χ2n) is 12.7. The van der Waals surface area contributed by atoms with Crippen LogP contribution in [-0.4, -0.2) is 33.9 Å². The van der Waals surface area contributed by atoms with Gasteiger partial charge in [-0.25, -0.2) is 16.8 Å². The van der Waals surface area contributed by atoms with Crippen molar-refractivity contribution in [1.82, 2.24) is 0 Å². The zero-order valence-corrected chi connectivity index (χ0v) is 30.5. The molecule has 1 amide bonds. The van der Waals surface area contributed by atoms with E-state index >= 15 is 0 Å². The van der Waals surface area contributed by atoms with E-state index in [2.05, 4.69) is 17.0 Å². The minimum absolute atomic E-state index is 0.0107. The summed E-state index contributed by atoms with van der Waals surface area (Å²) in [7, 11) is -8.85. The molecule has 0 aliphatic carbocycles. The number of anilines is 2. The molecule has 0 spiro atoms. The molecule has 0 aliphatic heterocycles. The van der Waals surface area contributed by atoms with Crippen molar-refractivity contribution in [1.29, 1.82) is 0 Å². The lowest BCUT2D eigenvalue weighted by Gasteiger charge is -2.16. The van der Waals surface area contributed by atoms with Crippen LogP contribution in [0.1, 0.15) is 107 Å². The first-order valence-corrected chi connectivity index (χ1v) is 20.6. The van der Waals surface area contributed by atoms with Gasteiger partial charge in [0.1, 0.15) is 15.9 Å². The van der Waals surface area contributed by atoms with Crippen LogP contribution in [0.3, 0.4) is 0 Å². The Hall–Kier alpha value is -3.93. The summed E-state index contributed by atoms with van der Waals surface area (Å²) in [5.41, 5.74) is 0.665. The van der Waals surface area contributed by atoms with Crippen molar-refractivity contribution in [2.75, 3.05) is 16.6 Å². The number of benzene rings is 4. The quantitative estimate of drug-likeness (QED) is 0.0608. The number of fused-ring (bicyclic) bond motifs is 1. The van der Waals surface area contributed by atoms with Gasteiger partial charge in [-0.3, -0.25) is 9.52 Å². The lowest BCUT2D eigenvalue weighted by atomic mass is 10.0. The first-order valence-electron chi connectivity index (χ1n) is 17.7. The van der Waals surface area contributed by atoms with E-state index < -0.39 is 30.9 Å². The number of rotatable bonds is 22. The van der Waals surface area contributed by atoms with Gasteiger partial charge in [-0.1, -0.05) is 127 Å². The van der Waals surface area contributed by atoms with Gasteiger partial charge in [0.15, 0.2) is 0 Å². The van der Waals surface area contributed by atoms with E-state index in [1.54, 1.807) is 12.1 Å². The molecule has 50 heavy (non-hydrogen) atoms. The molecule has 0 aliphatic rings. The molecule has 11 heteroatoms. The topological polar surface area (TPSA) is 142 Å². The van der Waals surface area contributed by atoms with Crippen LogP contribution in [-0.2, 0) is 20.1 Å². The number of ether oxygens (including phenoxy) is 1. The van der Waals surface area contributed by atoms with E-state index in [-0.39, 0.29) is 28.5 Å². The number of unbranched alkanes of at least 4 members (excludes halogenated alkanes) is 13. The zero-order chi connectivity index (χ0) is 35.8. The monoisotopic (exact) mass is 721 g/mol. The zero-order valence-electron chi connectivity index (χ0n) is 28.9. The summed E-state index contributed by atoms with van der Waals surface area (Å²) in [4.78, 5) is 12.4. The van der Waals surface area contributed by atoms with E-state index in [0.29, 0.717) is 5.69 Å². The average molecular weight is 722 g/mol. The molecular formula is C39H49N2O7S2-. The molecule has 270 valence electrons. The normalized spacial score (nSPS) is 11.8. The SMILES string of the molecule is CCCCCCCCCCCCCCCCOc1ccc(C(=O)Nc2ccc(S(=O)(=O)Nc3cccc4ccccc34)cc2)cc1S(=O)(=O)[O-]. The third kappa shape index (κ3) is 12.1. The van der Waals surface area contributed by atoms with Gasteiger partial charge in [0.2, 0.25) is 0 Å². The van der Waals surface area contributed by atoms with E-state index in [1.165, 1.54) is 101 Å². The van der Waals surface area contributed by atoms with Crippen LogP contribution in [0.15, 0.2) is 94.7 Å². The molecule has 4 aromatic carbocycles. The Morgan fingerprint density at radius 2 is 1.26 bits per heavy atom. The number of sulfonamides is 1. The van der Waals surface area contributed by atoms with Crippen molar-refractivity contribution in [3.05, 3.63) is 90.5 Å². The van der Waals surface area contributed by atoms with Crippen molar-refractivity contribution >= 4 is 48.2 Å². The first kappa shape index (κ1) is 38.9. The van der Waals surface area contributed by atoms with Gasteiger partial charge < -0.3 is 14.6 Å². The molecule has 0 atom stereocenters. The van der Waals surface area contributed by atoms with Crippen LogP contribution >= 0.6 is 0 Å². The van der Waals surface area contributed by atoms with Crippen LogP contribution in [0.2, 0.25) is 0 Å². The smallest absolute Gasteiger partial charge is 0.261 e. The highest BCUT2D eigenvalue weighted by Crippen LogP contribution is 2.28. The molecule has 4 rings (SSSR count). The Morgan fingerprint density at radius 3 is 1.88 bits per heavy atom. The third-order valence-electron chi connectivity index (χ3n) is 8.69. The van der Waals surface area contributed by atoms with Crippen LogP contribution in [0.5, 0.6) is 5.75 Å². The van der Waals surface area contributed by atoms with Gasteiger partial charge >= 0.3 is 0 Å². The molecule has 9 nitrogen and oxygen atoms in total. The summed E-state index contributed by atoms with van der Waals surface area (Å²) in [5, 5.41) is 4.27. The Morgan fingerprint density at radius 1 is 0.680 bits per heavy atom. The van der Waals surface area contributed by atoms with Crippen LogP contribution in [0, 0.1) is 0 Å². The highest BCUT2D eigenvalue weighted by molar-refractivity contribution is 7.92. The Kier molecular flexibility index (Phi) is 15.1. The highest BCUT2D eigenvalue weighted by Gasteiger charge is 2.18. The summed E-state index contributed by atoms with van der Waals surface area (Å²) < 4.78 is 70.6. The van der Waals surface area contributed by atoms with Crippen molar-refractivity contribution in [3.8, 4) is 5.75 Å². The summed E-state index contributed by atoms with van der Waals surface area (Å²) in [6, 6.07) is 22.0. The molecule has 0 saturated heterocycles. The maximum Gasteiger partial charge on any atom is 0.261 e. The summed E-state index contributed by atoms with van der Waals surface area (Å²) in [5.74, 6) is -0.752. The molecule has 0 fully saturated rings. The number of carbonyl (C=O) groups excluding carboxylic acids is 1. The molecule has 2 N–H and O–H groups in total. The van der Waals surface area contributed by atoms with Crippen LogP contribution in [0.25, 0.3) is 10.8 Å². The van der Waals surface area contributed by atoms with Crippen molar-refractivity contribution < 1.29 is 30.9 Å². The van der Waals surface area contributed by atoms with E-state index in [4.69, 9.17) is 4.74 Å². The molecule has 0 bridgehead atoms. The van der Waals surface area contributed by atoms with Crippen LogP contribution in [0.4, 0.5) is 11.4 Å². The van der Waals surface area contributed by atoms with Crippen molar-refractivity contribution in [3.63, 3.8) is 0 Å². The van der Waals surface area contributed by atoms with E-state index in [0.717, 1.165) is 42.5 Å². The predicted octanol–water partition coefficient (Wildman–Crippen LogP) is 9.66. The van der Waals surface area contributed by atoms with Gasteiger partial charge in [-0.2, -0.15) is 0 Å². The van der Waals surface area contributed by atoms with Gasteiger partial charge in [0.05, 0.1) is 22.1 Å². The first-order chi connectivity index (χ1) is 24.1. The molecule has 0 radical (unpaired) electrons. The van der Waals surface area contributed by atoms with Crippen molar-refractivity contribution in [2.45, 2.75) is 107 Å². The van der Waals surface area contributed by atoms with E-state index in [9.17, 15) is 26.2 Å². The minimum atomic E-state index is -4.92. The lowest BCUT2D eigenvalue weighted by molar-refractivity contribution is 0.102. The molecule has 0 unspecified atom stereocenters. The van der Waals surface area contributed by atoms with Gasteiger partial charge in [0, 0.05) is 16.6 Å². The molecular weight excluding hydrogens is 673 g/mol. The molecule has 4 aromatic rings. The number of amides is 1. The Balaban J connectivity index is 1.23. The summed E-state index contributed by atoms with van der Waals surface area (Å²) in [6.07, 6.45) is 17.0. The summed E-state index contributed by atoms with van der Waals surface area (Å²) in [6.45, 7) is 2.50. The fourth-order valence-electron chi connectivity index (χ4n) is 5.88. The van der Waals surface area contributed by atoms with Crippen molar-refractivity contribution in [2.24, 2.45) is 0 Å². The van der Waals surface area contributed by atoms with Gasteiger partial charge in [-0.05, 0) is 60.3 Å². The lowest BCUT2D eigenvalue weighted by Crippen LogP contribution is -2.15. The fraction of sp³-hybridized carbons (Fsp3) is 0.410. The molecule has 0 aromatic heterocycles. The van der Waals surface area contributed by atoms with Gasteiger partial charge in [-0.15, -0.1) is 0 Å².